The number of hydrogen-bond donors (Lipinski definition) is 0. The normalized spacial score (nSPS) is 14.8. The number of halogens is 8. The predicted octanol–water partition coefficient (Wildman–Crippen LogP) is 3.76. The first-order chi connectivity index (χ1) is 5.62. The summed E-state index contributed by atoms with van der Waals surface area (Å²) in [6.45, 7) is 0. The van der Waals surface area contributed by atoms with Crippen LogP contribution in [0.3, 0.4) is 0 Å². The van der Waals surface area contributed by atoms with Crippen LogP contribution in [-0.4, -0.2) is 26.6 Å². The lowest BCUT2D eigenvalue weighted by molar-refractivity contribution is -0.290. The highest BCUT2D eigenvalue weighted by molar-refractivity contribution is 14.1. The molecule has 0 fully saturated rings. The first-order valence-corrected chi connectivity index (χ1v) is 5.93. The van der Waals surface area contributed by atoms with Crippen molar-refractivity contribution in [2.24, 2.45) is 0 Å². The lowest BCUT2D eigenvalue weighted by Gasteiger charge is -2.30. The molecule has 0 aromatic heterocycles. The molecule has 0 saturated carbocycles. The van der Waals surface area contributed by atoms with Crippen LogP contribution in [-0.2, 0) is 0 Å². The molecular formula is C5H4F6I2. The third-order valence-corrected chi connectivity index (χ3v) is 3.17. The van der Waals surface area contributed by atoms with Gasteiger partial charge >= 0.3 is 17.8 Å². The van der Waals surface area contributed by atoms with Crippen LogP contribution in [0, 0.1) is 0 Å². The predicted molar refractivity (Wildman–Crippen MR) is 52.6 cm³/mol. The molecule has 0 nitrogen and oxygen atoms in total. The van der Waals surface area contributed by atoms with Gasteiger partial charge < -0.3 is 0 Å². The van der Waals surface area contributed by atoms with Crippen molar-refractivity contribution in [2.75, 3.05) is 8.86 Å². The first kappa shape index (κ1) is 14.0. The number of alkyl halides is 8. The van der Waals surface area contributed by atoms with E-state index in [0.717, 1.165) is 45.2 Å². The van der Waals surface area contributed by atoms with Gasteiger partial charge in [-0.25, -0.2) is 0 Å². The zero-order valence-electron chi connectivity index (χ0n) is 5.94. The SMILES string of the molecule is FC(F)(CI)C(F)(F)C(F)(F)CI. The third-order valence-electron chi connectivity index (χ3n) is 1.25. The molecule has 0 N–H and O–H groups in total. The molecule has 0 aliphatic rings. The summed E-state index contributed by atoms with van der Waals surface area (Å²) in [5.74, 6) is -14.6. The second-order valence-corrected chi connectivity index (χ2v) is 3.78. The van der Waals surface area contributed by atoms with Crippen LogP contribution in [0.1, 0.15) is 0 Å². The molecule has 0 rings (SSSR count). The lowest BCUT2D eigenvalue weighted by Crippen LogP contribution is -2.55. The van der Waals surface area contributed by atoms with Gasteiger partial charge in [-0.3, -0.25) is 0 Å². The second-order valence-electron chi connectivity index (χ2n) is 2.25. The maximum Gasteiger partial charge on any atom is 0.373 e. The van der Waals surface area contributed by atoms with Gasteiger partial charge in [0.25, 0.3) is 0 Å². The fourth-order valence-electron chi connectivity index (χ4n) is 0.435. The van der Waals surface area contributed by atoms with Crippen LogP contribution in [0.25, 0.3) is 0 Å². The zero-order valence-corrected chi connectivity index (χ0v) is 10.3. The van der Waals surface area contributed by atoms with Crippen molar-refractivity contribution >= 4 is 45.2 Å². The summed E-state index contributed by atoms with van der Waals surface area (Å²) in [6, 6.07) is 0. The highest BCUT2D eigenvalue weighted by Gasteiger charge is 2.70. The Morgan fingerprint density at radius 1 is 0.692 bits per heavy atom. The van der Waals surface area contributed by atoms with E-state index in [0.29, 0.717) is 0 Å². The maximum absolute atomic E-state index is 12.5. The van der Waals surface area contributed by atoms with E-state index in [2.05, 4.69) is 0 Å². The van der Waals surface area contributed by atoms with Crippen LogP contribution in [0.5, 0.6) is 0 Å². The molecule has 0 amide bonds. The Balaban J connectivity index is 4.95. The fraction of sp³-hybridized carbons (Fsp3) is 1.00. The van der Waals surface area contributed by atoms with Crippen LogP contribution < -0.4 is 0 Å². The Kier molecular flexibility index (Phi) is 4.61. The Morgan fingerprint density at radius 2 is 0.923 bits per heavy atom. The molecule has 0 atom stereocenters. The van der Waals surface area contributed by atoms with E-state index in [-0.39, 0.29) is 0 Å². The van der Waals surface area contributed by atoms with Crippen molar-refractivity contribution in [2.45, 2.75) is 17.8 Å². The van der Waals surface area contributed by atoms with Crippen molar-refractivity contribution in [1.29, 1.82) is 0 Å². The molecule has 13 heavy (non-hydrogen) atoms. The maximum atomic E-state index is 12.5. The summed E-state index contributed by atoms with van der Waals surface area (Å²) in [4.78, 5) is 0. The van der Waals surface area contributed by atoms with E-state index >= 15 is 0 Å². The molecule has 8 heteroatoms. The van der Waals surface area contributed by atoms with Crippen LogP contribution in [0.15, 0.2) is 0 Å². The highest BCUT2D eigenvalue weighted by atomic mass is 127. The Bertz CT molecular complexity index is 162. The molecule has 0 unspecified atom stereocenters. The molecule has 80 valence electrons. The van der Waals surface area contributed by atoms with Gasteiger partial charge in [0.05, 0.1) is 8.86 Å². The molecule has 0 radical (unpaired) electrons. The standard InChI is InChI=1S/C5H4F6I2/c6-3(7,1-12)5(10,11)4(8,9)2-13/h1-2H2. The number of rotatable bonds is 4. The average Bonchev–Trinajstić information content (AvgIpc) is 2.03. The third kappa shape index (κ3) is 2.53. The summed E-state index contributed by atoms with van der Waals surface area (Å²) < 4.78 is 71.7. The summed E-state index contributed by atoms with van der Waals surface area (Å²) >= 11 is 1.89. The van der Waals surface area contributed by atoms with E-state index in [1.54, 1.807) is 0 Å². The van der Waals surface area contributed by atoms with Gasteiger partial charge in [0, 0.05) is 0 Å². The summed E-state index contributed by atoms with van der Waals surface area (Å²) in [5.41, 5.74) is 0. The first-order valence-electron chi connectivity index (χ1n) is 2.88. The van der Waals surface area contributed by atoms with E-state index in [4.69, 9.17) is 0 Å². The summed E-state index contributed by atoms with van der Waals surface area (Å²) in [6.07, 6.45) is 0. The fourth-order valence-corrected chi connectivity index (χ4v) is 1.39. The molecule has 0 bridgehead atoms. The minimum absolute atomic E-state index is 0.946. The largest absolute Gasteiger partial charge is 0.373 e. The van der Waals surface area contributed by atoms with E-state index in [1.165, 1.54) is 0 Å². The number of hydrogen-bond acceptors (Lipinski definition) is 0. The Labute approximate surface area is 97.7 Å². The molecular weight excluding hydrogens is 428 g/mol. The van der Waals surface area contributed by atoms with Gasteiger partial charge in [0.15, 0.2) is 0 Å². The molecule has 0 saturated heterocycles. The van der Waals surface area contributed by atoms with E-state index < -0.39 is 26.6 Å². The summed E-state index contributed by atoms with van der Waals surface area (Å²) in [5, 5.41) is 0. The molecule has 0 aliphatic heterocycles. The van der Waals surface area contributed by atoms with Crippen molar-refractivity contribution in [3.05, 3.63) is 0 Å². The van der Waals surface area contributed by atoms with Gasteiger partial charge in [-0.2, -0.15) is 26.3 Å². The van der Waals surface area contributed by atoms with Gasteiger partial charge in [0.1, 0.15) is 0 Å². The van der Waals surface area contributed by atoms with E-state index in [9.17, 15) is 26.3 Å². The highest BCUT2D eigenvalue weighted by Crippen LogP contribution is 2.47. The Hall–Kier alpha value is 1.04. The second kappa shape index (κ2) is 4.27. The molecule has 0 aliphatic carbocycles. The zero-order chi connectivity index (χ0) is 10.9. The van der Waals surface area contributed by atoms with Gasteiger partial charge in [-0.15, -0.1) is 0 Å². The molecule has 0 aromatic rings. The lowest BCUT2D eigenvalue weighted by atomic mass is 10.1. The van der Waals surface area contributed by atoms with E-state index in [1.807, 2.05) is 0 Å². The minimum Gasteiger partial charge on any atom is -0.199 e. The monoisotopic (exact) mass is 432 g/mol. The quantitative estimate of drug-likeness (QED) is 0.361. The van der Waals surface area contributed by atoms with Crippen molar-refractivity contribution < 1.29 is 26.3 Å². The Morgan fingerprint density at radius 3 is 1.08 bits per heavy atom. The van der Waals surface area contributed by atoms with Crippen molar-refractivity contribution in [3.8, 4) is 0 Å². The van der Waals surface area contributed by atoms with Crippen LogP contribution in [0.2, 0.25) is 0 Å². The summed E-state index contributed by atoms with van der Waals surface area (Å²) in [7, 11) is 0. The molecule has 0 heterocycles. The smallest absolute Gasteiger partial charge is 0.199 e. The average molecular weight is 432 g/mol. The van der Waals surface area contributed by atoms with Crippen LogP contribution >= 0.6 is 45.2 Å². The minimum atomic E-state index is -5.29. The van der Waals surface area contributed by atoms with Crippen molar-refractivity contribution in [1.82, 2.24) is 0 Å². The van der Waals surface area contributed by atoms with Gasteiger partial charge in [-0.05, 0) is 0 Å². The van der Waals surface area contributed by atoms with Crippen LogP contribution in [0.4, 0.5) is 26.3 Å². The van der Waals surface area contributed by atoms with Gasteiger partial charge in [0.2, 0.25) is 0 Å². The van der Waals surface area contributed by atoms with Gasteiger partial charge in [-0.1, -0.05) is 45.2 Å². The van der Waals surface area contributed by atoms with Crippen molar-refractivity contribution in [3.63, 3.8) is 0 Å². The topological polar surface area (TPSA) is 0 Å². The molecule has 0 spiro atoms. The molecule has 0 aromatic carbocycles.